The number of piperazine rings is 1. The number of unbranched alkanes of at least 4 members (excludes halogenated alkanes) is 3. The Balaban J connectivity index is 2.41. The summed E-state index contributed by atoms with van der Waals surface area (Å²) in [5, 5.41) is 2.77. The van der Waals surface area contributed by atoms with Gasteiger partial charge >= 0.3 is 0 Å². The summed E-state index contributed by atoms with van der Waals surface area (Å²) in [5.74, 6) is 0.0847. The highest BCUT2D eigenvalue weighted by Gasteiger charge is 2.31. The molecule has 0 aliphatic carbocycles. The van der Waals surface area contributed by atoms with E-state index in [1.54, 1.807) is 4.90 Å². The van der Waals surface area contributed by atoms with Gasteiger partial charge in [-0.1, -0.05) is 39.5 Å². The van der Waals surface area contributed by atoms with Crippen molar-refractivity contribution in [2.24, 2.45) is 0 Å². The van der Waals surface area contributed by atoms with Crippen LogP contribution in [0.15, 0.2) is 0 Å². The van der Waals surface area contributed by atoms with Gasteiger partial charge in [0.05, 0.1) is 6.54 Å². The Morgan fingerprint density at radius 1 is 1.18 bits per heavy atom. The first-order valence-corrected chi connectivity index (χ1v) is 6.77. The highest BCUT2D eigenvalue weighted by atomic mass is 16.2. The number of carbonyl (C=O) groups is 2. The molecule has 1 aliphatic heterocycles. The van der Waals surface area contributed by atoms with Crippen LogP contribution in [-0.4, -0.2) is 35.8 Å². The largest absolute Gasteiger partial charge is 0.343 e. The lowest BCUT2D eigenvalue weighted by atomic mass is 10.1. The first kappa shape index (κ1) is 14.0. The Hall–Kier alpha value is -1.06. The molecule has 1 fully saturated rings. The third kappa shape index (κ3) is 4.36. The molecule has 0 aromatic carbocycles. The third-order valence-electron chi connectivity index (χ3n) is 3.14. The van der Waals surface area contributed by atoms with Crippen LogP contribution in [0, 0.1) is 0 Å². The quantitative estimate of drug-likeness (QED) is 0.688. The van der Waals surface area contributed by atoms with Gasteiger partial charge in [0, 0.05) is 6.54 Å². The van der Waals surface area contributed by atoms with E-state index in [2.05, 4.69) is 12.2 Å². The molecule has 0 spiro atoms. The topological polar surface area (TPSA) is 49.4 Å². The van der Waals surface area contributed by atoms with Crippen LogP contribution < -0.4 is 5.32 Å². The van der Waals surface area contributed by atoms with Gasteiger partial charge in [-0.3, -0.25) is 9.59 Å². The minimum atomic E-state index is -0.285. The zero-order valence-corrected chi connectivity index (χ0v) is 11.0. The molecule has 4 nitrogen and oxygen atoms in total. The highest BCUT2D eigenvalue weighted by Crippen LogP contribution is 2.09. The Kier molecular flexibility index (Phi) is 6.01. The molecule has 1 aliphatic rings. The van der Waals surface area contributed by atoms with E-state index in [9.17, 15) is 9.59 Å². The molecule has 0 aromatic heterocycles. The molecule has 98 valence electrons. The molecule has 0 saturated carbocycles. The van der Waals surface area contributed by atoms with Gasteiger partial charge in [0.25, 0.3) is 0 Å². The van der Waals surface area contributed by atoms with Gasteiger partial charge in [0.2, 0.25) is 11.8 Å². The third-order valence-corrected chi connectivity index (χ3v) is 3.14. The fourth-order valence-electron chi connectivity index (χ4n) is 2.18. The maximum Gasteiger partial charge on any atom is 0.245 e. The molecule has 0 radical (unpaired) electrons. The van der Waals surface area contributed by atoms with E-state index in [-0.39, 0.29) is 24.4 Å². The summed E-state index contributed by atoms with van der Waals surface area (Å²) < 4.78 is 0. The predicted octanol–water partition coefficient (Wildman–Crippen LogP) is 1.69. The summed E-state index contributed by atoms with van der Waals surface area (Å²) in [7, 11) is 0. The van der Waals surface area contributed by atoms with Gasteiger partial charge < -0.3 is 10.2 Å². The van der Waals surface area contributed by atoms with E-state index in [0.717, 1.165) is 32.2 Å². The number of nitrogens with zero attached hydrogens (tertiary/aromatic N) is 1. The number of nitrogens with one attached hydrogen (secondary N) is 1. The van der Waals surface area contributed by atoms with Crippen molar-refractivity contribution < 1.29 is 9.59 Å². The van der Waals surface area contributed by atoms with Crippen molar-refractivity contribution in [3.05, 3.63) is 0 Å². The molecule has 1 unspecified atom stereocenters. The zero-order chi connectivity index (χ0) is 12.7. The van der Waals surface area contributed by atoms with Crippen molar-refractivity contribution >= 4 is 11.8 Å². The molecule has 4 heteroatoms. The fourth-order valence-corrected chi connectivity index (χ4v) is 2.18. The second kappa shape index (κ2) is 7.30. The second-order valence-electron chi connectivity index (χ2n) is 4.73. The first-order chi connectivity index (χ1) is 8.19. The van der Waals surface area contributed by atoms with Gasteiger partial charge in [0.1, 0.15) is 6.04 Å². The van der Waals surface area contributed by atoms with Crippen molar-refractivity contribution in [2.45, 2.75) is 58.4 Å². The average molecular weight is 240 g/mol. The molecular formula is C13H24N2O2. The van der Waals surface area contributed by atoms with Gasteiger partial charge in [0.15, 0.2) is 0 Å². The predicted molar refractivity (Wildman–Crippen MR) is 67.6 cm³/mol. The number of amides is 2. The van der Waals surface area contributed by atoms with Crippen LogP contribution in [0.25, 0.3) is 0 Å². The summed E-state index contributed by atoms with van der Waals surface area (Å²) in [5.41, 5.74) is 0. The fraction of sp³-hybridized carbons (Fsp3) is 0.846. The van der Waals surface area contributed by atoms with E-state index in [1.807, 2.05) is 6.92 Å². The minimum Gasteiger partial charge on any atom is -0.343 e. The number of carbonyl (C=O) groups excluding carboxylic acids is 2. The molecule has 2 amide bonds. The summed E-state index contributed by atoms with van der Waals surface area (Å²) in [6.07, 6.45) is 6.20. The summed E-state index contributed by atoms with van der Waals surface area (Å²) in [6, 6.07) is -0.285. The van der Waals surface area contributed by atoms with Crippen LogP contribution >= 0.6 is 0 Å². The van der Waals surface area contributed by atoms with Crippen molar-refractivity contribution in [1.82, 2.24) is 10.2 Å². The minimum absolute atomic E-state index is 0.0152. The van der Waals surface area contributed by atoms with E-state index >= 15 is 0 Å². The summed E-state index contributed by atoms with van der Waals surface area (Å²) in [4.78, 5) is 25.2. The first-order valence-electron chi connectivity index (χ1n) is 6.77. The molecule has 1 saturated heterocycles. The van der Waals surface area contributed by atoms with Gasteiger partial charge in [-0.25, -0.2) is 0 Å². The molecule has 1 atom stereocenters. The van der Waals surface area contributed by atoms with Crippen LogP contribution in [0.3, 0.4) is 0 Å². The average Bonchev–Trinajstić information content (AvgIpc) is 2.30. The highest BCUT2D eigenvalue weighted by molar-refractivity contribution is 5.94. The van der Waals surface area contributed by atoms with E-state index in [4.69, 9.17) is 0 Å². The van der Waals surface area contributed by atoms with Gasteiger partial charge in [-0.05, 0) is 12.8 Å². The monoisotopic (exact) mass is 240 g/mol. The van der Waals surface area contributed by atoms with Crippen molar-refractivity contribution in [2.75, 3.05) is 13.1 Å². The van der Waals surface area contributed by atoms with E-state index < -0.39 is 0 Å². The number of hydrogen-bond acceptors (Lipinski definition) is 2. The Bertz CT molecular complexity index is 266. The molecular weight excluding hydrogens is 216 g/mol. The normalized spacial score (nSPS) is 20.6. The molecule has 1 rings (SSSR count). The lowest BCUT2D eigenvalue weighted by Gasteiger charge is -2.32. The van der Waals surface area contributed by atoms with Gasteiger partial charge in [-0.2, -0.15) is 0 Å². The van der Waals surface area contributed by atoms with Crippen molar-refractivity contribution in [1.29, 1.82) is 0 Å². The lowest BCUT2D eigenvalue weighted by molar-refractivity contribution is -0.144. The van der Waals surface area contributed by atoms with Gasteiger partial charge in [-0.15, -0.1) is 0 Å². The zero-order valence-electron chi connectivity index (χ0n) is 11.0. The van der Waals surface area contributed by atoms with Crippen LogP contribution in [0.4, 0.5) is 0 Å². The SMILES string of the molecule is CCCCCCN1CC(=O)NC(CCC)C1=O. The number of hydrogen-bond donors (Lipinski definition) is 1. The molecule has 17 heavy (non-hydrogen) atoms. The van der Waals surface area contributed by atoms with Crippen molar-refractivity contribution in [3.63, 3.8) is 0 Å². The maximum absolute atomic E-state index is 12.0. The Morgan fingerprint density at radius 3 is 2.59 bits per heavy atom. The lowest BCUT2D eigenvalue weighted by Crippen LogP contribution is -2.58. The van der Waals surface area contributed by atoms with Crippen molar-refractivity contribution in [3.8, 4) is 0 Å². The summed E-state index contributed by atoms with van der Waals surface area (Å²) >= 11 is 0. The second-order valence-corrected chi connectivity index (χ2v) is 4.73. The van der Waals surface area contributed by atoms with E-state index in [1.165, 1.54) is 12.8 Å². The molecule has 0 bridgehead atoms. The summed E-state index contributed by atoms with van der Waals surface area (Å²) in [6.45, 7) is 5.16. The van der Waals surface area contributed by atoms with Crippen LogP contribution in [0.1, 0.15) is 52.4 Å². The maximum atomic E-state index is 12.0. The van der Waals surface area contributed by atoms with E-state index in [0.29, 0.717) is 0 Å². The van der Waals surface area contributed by atoms with Crippen LogP contribution in [0.2, 0.25) is 0 Å². The Morgan fingerprint density at radius 2 is 1.94 bits per heavy atom. The molecule has 1 N–H and O–H groups in total. The molecule has 0 aromatic rings. The standard InChI is InChI=1S/C13H24N2O2/c1-3-5-6-7-9-15-10-12(16)14-11(8-4-2)13(15)17/h11H,3-10H2,1-2H3,(H,14,16). The number of rotatable bonds is 7. The molecule has 1 heterocycles. The van der Waals surface area contributed by atoms with Crippen LogP contribution in [-0.2, 0) is 9.59 Å². The Labute approximate surface area is 104 Å². The van der Waals surface area contributed by atoms with Crippen LogP contribution in [0.5, 0.6) is 0 Å². The smallest absolute Gasteiger partial charge is 0.245 e.